The van der Waals surface area contributed by atoms with E-state index in [1.165, 1.54) is 20.3 Å². The van der Waals surface area contributed by atoms with Crippen molar-refractivity contribution in [2.75, 3.05) is 14.2 Å². The van der Waals surface area contributed by atoms with Crippen molar-refractivity contribution in [3.8, 4) is 23.0 Å². The molecule has 0 aliphatic carbocycles. The molecule has 0 aliphatic rings. The second-order valence-electron chi connectivity index (χ2n) is 5.44. The Bertz CT molecular complexity index is 912. The van der Waals surface area contributed by atoms with E-state index in [1.807, 2.05) is 36.4 Å². The third kappa shape index (κ3) is 3.35. The Balaban J connectivity index is 1.86. The molecule has 128 valence electrons. The highest BCUT2D eigenvalue weighted by Crippen LogP contribution is 2.39. The molecule has 0 aromatic heterocycles. The highest BCUT2D eigenvalue weighted by molar-refractivity contribution is 5.90. The van der Waals surface area contributed by atoms with E-state index in [0.717, 1.165) is 10.8 Å². The largest absolute Gasteiger partial charge is 0.504 e. The number of carbonyl (C=O) groups excluding carboxylic acids is 1. The molecule has 0 saturated carbocycles. The number of ether oxygens (including phenoxy) is 3. The van der Waals surface area contributed by atoms with Gasteiger partial charge in [-0.3, -0.25) is 4.79 Å². The van der Waals surface area contributed by atoms with E-state index in [4.69, 9.17) is 14.2 Å². The molecule has 3 rings (SSSR count). The van der Waals surface area contributed by atoms with Gasteiger partial charge in [0.2, 0.25) is 5.75 Å². The monoisotopic (exact) mass is 338 g/mol. The van der Waals surface area contributed by atoms with Gasteiger partial charge in [0.1, 0.15) is 5.75 Å². The van der Waals surface area contributed by atoms with Gasteiger partial charge in [-0.05, 0) is 17.5 Å². The zero-order chi connectivity index (χ0) is 17.8. The molecule has 0 bridgehead atoms. The van der Waals surface area contributed by atoms with Crippen molar-refractivity contribution < 1.29 is 24.1 Å². The van der Waals surface area contributed by atoms with E-state index >= 15 is 0 Å². The lowest BCUT2D eigenvalue weighted by molar-refractivity contribution is -0.133. The van der Waals surface area contributed by atoms with Crippen LogP contribution in [-0.4, -0.2) is 25.3 Å². The lowest BCUT2D eigenvalue weighted by atomic mass is 10.1. The molecule has 25 heavy (non-hydrogen) atoms. The van der Waals surface area contributed by atoms with Crippen LogP contribution in [0.3, 0.4) is 0 Å². The molecular weight excluding hydrogens is 320 g/mol. The van der Waals surface area contributed by atoms with Gasteiger partial charge >= 0.3 is 5.97 Å². The third-order valence-electron chi connectivity index (χ3n) is 3.89. The van der Waals surface area contributed by atoms with Gasteiger partial charge < -0.3 is 19.3 Å². The standard InChI is InChI=1S/C20H18O5/c1-23-19-14(10-11-16(21)20(19)24-2)12-18(22)25-17-9-5-7-13-6-3-4-8-15(13)17/h3-11,21H,12H2,1-2H3. The zero-order valence-corrected chi connectivity index (χ0v) is 14.0. The normalized spacial score (nSPS) is 10.5. The number of benzene rings is 3. The van der Waals surface area contributed by atoms with Crippen LogP contribution in [0.25, 0.3) is 10.8 Å². The average Bonchev–Trinajstić information content (AvgIpc) is 2.63. The van der Waals surface area contributed by atoms with Crippen LogP contribution in [0, 0.1) is 0 Å². The molecule has 0 radical (unpaired) electrons. The number of hydrogen-bond acceptors (Lipinski definition) is 5. The Morgan fingerprint density at radius 1 is 0.920 bits per heavy atom. The lowest BCUT2D eigenvalue weighted by Gasteiger charge is -2.14. The molecule has 0 fully saturated rings. The minimum absolute atomic E-state index is 0.0109. The Kier molecular flexibility index (Phi) is 4.75. The molecule has 0 aliphatic heterocycles. The van der Waals surface area contributed by atoms with E-state index < -0.39 is 5.97 Å². The van der Waals surface area contributed by atoms with Crippen molar-refractivity contribution in [1.29, 1.82) is 0 Å². The molecule has 0 unspecified atom stereocenters. The Morgan fingerprint density at radius 2 is 1.64 bits per heavy atom. The van der Waals surface area contributed by atoms with Gasteiger partial charge in [0.25, 0.3) is 0 Å². The van der Waals surface area contributed by atoms with Crippen molar-refractivity contribution in [2.45, 2.75) is 6.42 Å². The van der Waals surface area contributed by atoms with E-state index in [-0.39, 0.29) is 17.9 Å². The topological polar surface area (TPSA) is 65.0 Å². The molecule has 0 spiro atoms. The molecule has 0 amide bonds. The number of aromatic hydroxyl groups is 1. The van der Waals surface area contributed by atoms with Gasteiger partial charge in [-0.1, -0.05) is 42.5 Å². The van der Waals surface area contributed by atoms with Crippen LogP contribution < -0.4 is 14.2 Å². The summed E-state index contributed by atoms with van der Waals surface area (Å²) < 4.78 is 16.0. The number of phenols is 1. The highest BCUT2D eigenvalue weighted by Gasteiger charge is 2.18. The molecule has 0 saturated heterocycles. The van der Waals surface area contributed by atoms with Crippen LogP contribution in [0.2, 0.25) is 0 Å². The quantitative estimate of drug-likeness (QED) is 0.567. The second-order valence-corrected chi connectivity index (χ2v) is 5.44. The van der Waals surface area contributed by atoms with Crippen molar-refractivity contribution in [1.82, 2.24) is 0 Å². The number of fused-ring (bicyclic) bond motifs is 1. The van der Waals surface area contributed by atoms with Gasteiger partial charge in [0, 0.05) is 10.9 Å². The smallest absolute Gasteiger partial charge is 0.315 e. The Morgan fingerprint density at radius 3 is 2.40 bits per heavy atom. The fourth-order valence-corrected chi connectivity index (χ4v) is 2.75. The maximum atomic E-state index is 12.4. The number of carbonyl (C=O) groups is 1. The first kappa shape index (κ1) is 16.6. The minimum Gasteiger partial charge on any atom is -0.504 e. The predicted molar refractivity (Wildman–Crippen MR) is 94.5 cm³/mol. The summed E-state index contributed by atoms with van der Waals surface area (Å²) in [6.07, 6.45) is -0.0109. The summed E-state index contributed by atoms with van der Waals surface area (Å²) in [6, 6.07) is 16.3. The van der Waals surface area contributed by atoms with E-state index in [2.05, 4.69) is 0 Å². The fraction of sp³-hybridized carbons (Fsp3) is 0.150. The van der Waals surface area contributed by atoms with E-state index in [1.54, 1.807) is 12.1 Å². The summed E-state index contributed by atoms with van der Waals surface area (Å²) in [5.74, 6) is 0.538. The fourth-order valence-electron chi connectivity index (χ4n) is 2.75. The summed E-state index contributed by atoms with van der Waals surface area (Å²) in [7, 11) is 2.88. The molecule has 5 heteroatoms. The van der Waals surface area contributed by atoms with Crippen molar-refractivity contribution in [2.24, 2.45) is 0 Å². The molecule has 0 atom stereocenters. The highest BCUT2D eigenvalue weighted by atomic mass is 16.5. The van der Waals surface area contributed by atoms with Gasteiger partial charge in [0.15, 0.2) is 11.5 Å². The molecule has 3 aromatic rings. The van der Waals surface area contributed by atoms with Crippen LogP contribution >= 0.6 is 0 Å². The molecule has 5 nitrogen and oxygen atoms in total. The first-order valence-electron chi connectivity index (χ1n) is 7.75. The van der Waals surface area contributed by atoms with Crippen LogP contribution in [0.15, 0.2) is 54.6 Å². The Hall–Kier alpha value is -3.21. The summed E-state index contributed by atoms with van der Waals surface area (Å²) in [4.78, 5) is 12.4. The summed E-state index contributed by atoms with van der Waals surface area (Å²) in [5.41, 5.74) is 0.572. The van der Waals surface area contributed by atoms with E-state index in [9.17, 15) is 9.90 Å². The second kappa shape index (κ2) is 7.13. The number of esters is 1. The van der Waals surface area contributed by atoms with Crippen LogP contribution in [-0.2, 0) is 11.2 Å². The first-order valence-corrected chi connectivity index (χ1v) is 7.75. The van der Waals surface area contributed by atoms with Crippen LogP contribution in [0.4, 0.5) is 0 Å². The maximum absolute atomic E-state index is 12.4. The van der Waals surface area contributed by atoms with Crippen LogP contribution in [0.5, 0.6) is 23.0 Å². The number of phenolic OH excluding ortho intramolecular Hbond substituents is 1. The summed E-state index contributed by atoms with van der Waals surface area (Å²) in [6.45, 7) is 0. The lowest BCUT2D eigenvalue weighted by Crippen LogP contribution is -2.12. The summed E-state index contributed by atoms with van der Waals surface area (Å²) in [5, 5.41) is 11.7. The van der Waals surface area contributed by atoms with Gasteiger partial charge in [-0.15, -0.1) is 0 Å². The maximum Gasteiger partial charge on any atom is 0.315 e. The van der Waals surface area contributed by atoms with E-state index in [0.29, 0.717) is 17.1 Å². The molecule has 0 heterocycles. The van der Waals surface area contributed by atoms with Crippen molar-refractivity contribution >= 4 is 16.7 Å². The predicted octanol–water partition coefficient (Wildman–Crippen LogP) is 3.71. The zero-order valence-electron chi connectivity index (χ0n) is 14.0. The molecule has 3 aromatic carbocycles. The van der Waals surface area contributed by atoms with Gasteiger partial charge in [-0.25, -0.2) is 0 Å². The van der Waals surface area contributed by atoms with Crippen LogP contribution in [0.1, 0.15) is 5.56 Å². The van der Waals surface area contributed by atoms with Crippen molar-refractivity contribution in [3.05, 3.63) is 60.2 Å². The summed E-state index contributed by atoms with van der Waals surface area (Å²) >= 11 is 0. The number of hydrogen-bond donors (Lipinski definition) is 1. The third-order valence-corrected chi connectivity index (χ3v) is 3.89. The molecule has 1 N–H and O–H groups in total. The minimum atomic E-state index is -0.428. The Labute approximate surface area is 145 Å². The number of rotatable bonds is 5. The first-order chi connectivity index (χ1) is 12.1. The number of methoxy groups -OCH3 is 2. The van der Waals surface area contributed by atoms with Gasteiger partial charge in [0.05, 0.1) is 20.6 Å². The van der Waals surface area contributed by atoms with Gasteiger partial charge in [-0.2, -0.15) is 0 Å². The SMILES string of the molecule is COc1c(O)ccc(CC(=O)Oc2cccc3ccccc23)c1OC. The van der Waals surface area contributed by atoms with Crippen molar-refractivity contribution in [3.63, 3.8) is 0 Å². The average molecular weight is 338 g/mol. The molecular formula is C20H18O5.